The van der Waals surface area contributed by atoms with Gasteiger partial charge in [-0.25, -0.2) is 4.98 Å². The van der Waals surface area contributed by atoms with Crippen LogP contribution >= 0.6 is 11.8 Å². The molecule has 0 fully saturated rings. The molecule has 2 aliphatic rings. The van der Waals surface area contributed by atoms with E-state index in [1.807, 2.05) is 31.2 Å². The third-order valence-electron chi connectivity index (χ3n) is 5.15. The van der Waals surface area contributed by atoms with Gasteiger partial charge in [0, 0.05) is 24.3 Å². The molecular weight excluding hydrogens is 346 g/mol. The lowest BCUT2D eigenvalue weighted by Crippen LogP contribution is -2.33. The average Bonchev–Trinajstić information content (AvgIpc) is 3.04. The summed E-state index contributed by atoms with van der Waals surface area (Å²) in [7, 11) is 0. The quantitative estimate of drug-likeness (QED) is 0.842. The van der Waals surface area contributed by atoms with Gasteiger partial charge < -0.3 is 5.32 Å². The normalized spacial score (nSPS) is 18.3. The standard InChI is InChI=1S/C20H23N3O2S/c1-13-6-8-14(9-7-13)11-21-18(24)10-15-12-26-20-22-17-5-3-2-4-16(17)19(25)23(15)20/h6-9,15H,2-5,10-12H2,1H3,(H,21,24)/t15-/m1/s1. The first-order chi connectivity index (χ1) is 12.6. The van der Waals surface area contributed by atoms with E-state index in [-0.39, 0.29) is 17.5 Å². The van der Waals surface area contributed by atoms with Crippen molar-refractivity contribution in [3.63, 3.8) is 0 Å². The van der Waals surface area contributed by atoms with Crippen LogP contribution in [0.1, 0.15) is 47.7 Å². The monoisotopic (exact) mass is 369 g/mol. The smallest absolute Gasteiger partial charge is 0.257 e. The van der Waals surface area contributed by atoms with E-state index in [4.69, 9.17) is 4.98 Å². The lowest BCUT2D eigenvalue weighted by atomic mass is 9.97. The summed E-state index contributed by atoms with van der Waals surface area (Å²) in [6.45, 7) is 2.56. The van der Waals surface area contributed by atoms with Crippen LogP contribution in [0.25, 0.3) is 0 Å². The molecule has 0 unspecified atom stereocenters. The Balaban J connectivity index is 1.45. The van der Waals surface area contributed by atoms with Gasteiger partial charge in [0.15, 0.2) is 5.16 Å². The maximum absolute atomic E-state index is 12.9. The number of hydrogen-bond acceptors (Lipinski definition) is 4. The highest BCUT2D eigenvalue weighted by atomic mass is 32.2. The maximum Gasteiger partial charge on any atom is 0.257 e. The molecule has 136 valence electrons. The lowest BCUT2D eigenvalue weighted by molar-refractivity contribution is -0.121. The number of benzene rings is 1. The number of aromatic nitrogens is 2. The van der Waals surface area contributed by atoms with Crippen LogP contribution in [0.2, 0.25) is 0 Å². The Morgan fingerprint density at radius 1 is 1.27 bits per heavy atom. The van der Waals surface area contributed by atoms with E-state index < -0.39 is 0 Å². The zero-order valence-electron chi connectivity index (χ0n) is 15.0. The molecule has 5 nitrogen and oxygen atoms in total. The van der Waals surface area contributed by atoms with Crippen LogP contribution in [0, 0.1) is 6.92 Å². The summed E-state index contributed by atoms with van der Waals surface area (Å²) in [6.07, 6.45) is 4.21. The van der Waals surface area contributed by atoms with Crippen LogP contribution in [0.5, 0.6) is 0 Å². The molecule has 2 aromatic rings. The molecule has 1 aromatic heterocycles. The second kappa shape index (κ2) is 7.27. The van der Waals surface area contributed by atoms with E-state index in [0.29, 0.717) is 13.0 Å². The van der Waals surface area contributed by atoms with Gasteiger partial charge in [0.1, 0.15) is 0 Å². The van der Waals surface area contributed by atoms with E-state index in [2.05, 4.69) is 5.32 Å². The summed E-state index contributed by atoms with van der Waals surface area (Å²) >= 11 is 1.59. The molecule has 0 spiro atoms. The third-order valence-corrected chi connectivity index (χ3v) is 6.25. The summed E-state index contributed by atoms with van der Waals surface area (Å²) < 4.78 is 1.76. The first-order valence-corrected chi connectivity index (χ1v) is 10.2. The summed E-state index contributed by atoms with van der Waals surface area (Å²) in [5, 5.41) is 3.76. The van der Waals surface area contributed by atoms with Crippen molar-refractivity contribution in [2.75, 3.05) is 5.75 Å². The van der Waals surface area contributed by atoms with Crippen molar-refractivity contribution < 1.29 is 4.79 Å². The Morgan fingerprint density at radius 2 is 2.04 bits per heavy atom. The molecule has 0 saturated carbocycles. The first kappa shape index (κ1) is 17.3. The topological polar surface area (TPSA) is 64.0 Å². The van der Waals surface area contributed by atoms with Gasteiger partial charge in [-0.1, -0.05) is 41.6 Å². The fraction of sp³-hybridized carbons (Fsp3) is 0.450. The zero-order valence-corrected chi connectivity index (χ0v) is 15.8. The molecule has 2 heterocycles. The van der Waals surface area contributed by atoms with Gasteiger partial charge >= 0.3 is 0 Å². The van der Waals surface area contributed by atoms with E-state index in [9.17, 15) is 9.59 Å². The number of thioether (sulfide) groups is 1. The van der Waals surface area contributed by atoms with Crippen LogP contribution in [0.4, 0.5) is 0 Å². The molecule has 1 aromatic carbocycles. The van der Waals surface area contributed by atoms with E-state index in [1.54, 1.807) is 16.3 Å². The van der Waals surface area contributed by atoms with Crippen LogP contribution in [0.15, 0.2) is 34.2 Å². The summed E-state index contributed by atoms with van der Waals surface area (Å²) in [6, 6.07) is 8.04. The second-order valence-corrected chi connectivity index (χ2v) is 8.12. The number of carbonyl (C=O) groups is 1. The van der Waals surface area contributed by atoms with E-state index in [0.717, 1.165) is 53.4 Å². The molecule has 1 N–H and O–H groups in total. The minimum atomic E-state index is -0.0970. The molecule has 0 radical (unpaired) electrons. The van der Waals surface area contributed by atoms with Gasteiger partial charge in [0.05, 0.1) is 11.7 Å². The summed E-state index contributed by atoms with van der Waals surface area (Å²) in [5.74, 6) is 0.719. The summed E-state index contributed by atoms with van der Waals surface area (Å²) in [5.41, 5.74) is 4.20. The van der Waals surface area contributed by atoms with Gasteiger partial charge in [0.2, 0.25) is 5.91 Å². The van der Waals surface area contributed by atoms with Crippen molar-refractivity contribution in [1.29, 1.82) is 0 Å². The fourth-order valence-corrected chi connectivity index (χ4v) is 4.81. The number of aryl methyl sites for hydroxylation is 2. The minimum absolute atomic E-state index is 0.0198. The summed E-state index contributed by atoms with van der Waals surface area (Å²) in [4.78, 5) is 30.0. The van der Waals surface area contributed by atoms with Gasteiger partial charge in [-0.05, 0) is 38.2 Å². The maximum atomic E-state index is 12.9. The number of amides is 1. The SMILES string of the molecule is Cc1ccc(CNC(=O)C[C@@H]2CSc3nc4c(c(=O)n32)CCCC4)cc1. The molecule has 6 heteroatoms. The van der Waals surface area contributed by atoms with E-state index >= 15 is 0 Å². The predicted molar refractivity (Wildman–Crippen MR) is 103 cm³/mol. The van der Waals surface area contributed by atoms with Crippen molar-refractivity contribution in [2.45, 2.75) is 56.8 Å². The minimum Gasteiger partial charge on any atom is -0.352 e. The molecule has 26 heavy (non-hydrogen) atoms. The van der Waals surface area contributed by atoms with Crippen molar-refractivity contribution in [2.24, 2.45) is 0 Å². The first-order valence-electron chi connectivity index (χ1n) is 9.21. The predicted octanol–water partition coefficient (Wildman–Crippen LogP) is 2.78. The lowest BCUT2D eigenvalue weighted by Gasteiger charge is -2.18. The molecule has 0 bridgehead atoms. The Bertz CT molecular complexity index is 889. The molecule has 1 amide bonds. The highest BCUT2D eigenvalue weighted by Gasteiger charge is 2.30. The third kappa shape index (κ3) is 3.43. The van der Waals surface area contributed by atoms with Crippen LogP contribution in [0.3, 0.4) is 0 Å². The molecule has 0 saturated heterocycles. The molecule has 4 rings (SSSR count). The van der Waals surface area contributed by atoms with Crippen molar-refractivity contribution in [3.8, 4) is 0 Å². The van der Waals surface area contributed by atoms with Crippen molar-refractivity contribution in [3.05, 3.63) is 57.0 Å². The number of nitrogens with zero attached hydrogens (tertiary/aromatic N) is 2. The van der Waals surface area contributed by atoms with Gasteiger partial charge in [-0.3, -0.25) is 14.2 Å². The van der Waals surface area contributed by atoms with Crippen molar-refractivity contribution >= 4 is 17.7 Å². The number of nitrogens with one attached hydrogen (secondary N) is 1. The molecular formula is C20H23N3O2S. The Kier molecular flexibility index (Phi) is 4.85. The Hall–Kier alpha value is -2.08. The van der Waals surface area contributed by atoms with E-state index in [1.165, 1.54) is 5.56 Å². The molecule has 1 aliphatic carbocycles. The second-order valence-electron chi connectivity index (χ2n) is 7.13. The Labute approximate surface area is 157 Å². The Morgan fingerprint density at radius 3 is 2.85 bits per heavy atom. The van der Waals surface area contributed by atoms with Gasteiger partial charge in [0.25, 0.3) is 5.56 Å². The molecule has 1 atom stereocenters. The van der Waals surface area contributed by atoms with Crippen LogP contribution in [-0.4, -0.2) is 21.2 Å². The van der Waals surface area contributed by atoms with Gasteiger partial charge in [-0.15, -0.1) is 0 Å². The number of rotatable bonds is 4. The highest BCUT2D eigenvalue weighted by Crippen LogP contribution is 2.33. The zero-order chi connectivity index (χ0) is 18.1. The number of fused-ring (bicyclic) bond motifs is 2. The average molecular weight is 369 g/mol. The number of carbonyl (C=O) groups excluding carboxylic acids is 1. The number of hydrogen-bond donors (Lipinski definition) is 1. The highest BCUT2D eigenvalue weighted by molar-refractivity contribution is 7.99. The molecule has 1 aliphatic heterocycles. The van der Waals surface area contributed by atoms with Gasteiger partial charge in [-0.2, -0.15) is 0 Å². The van der Waals surface area contributed by atoms with Crippen molar-refractivity contribution in [1.82, 2.24) is 14.9 Å². The largest absolute Gasteiger partial charge is 0.352 e. The van der Waals surface area contributed by atoms with Crippen LogP contribution < -0.4 is 10.9 Å². The van der Waals surface area contributed by atoms with Crippen LogP contribution in [-0.2, 0) is 24.2 Å². The fourth-order valence-electron chi connectivity index (χ4n) is 3.66.